The second-order valence-electron chi connectivity index (χ2n) is 5.55. The van der Waals surface area contributed by atoms with Crippen LogP contribution in [-0.2, 0) is 6.42 Å². The van der Waals surface area contributed by atoms with Crippen molar-refractivity contribution in [3.8, 4) is 0 Å². The second-order valence-corrected chi connectivity index (χ2v) is 5.55. The number of amides is 1. The summed E-state index contributed by atoms with van der Waals surface area (Å²) in [6, 6.07) is 15.4. The molecule has 1 aromatic heterocycles. The number of imidazole rings is 1. The zero-order valence-electron chi connectivity index (χ0n) is 13.3. The SMILES string of the molecule is [C-]#[N+]c1cccc2c1ncn2C(=O)NCCCCc1ccccc1. The molecule has 0 bridgehead atoms. The van der Waals surface area contributed by atoms with Crippen molar-refractivity contribution in [2.45, 2.75) is 19.3 Å². The third-order valence-corrected chi connectivity index (χ3v) is 3.91. The molecule has 1 N–H and O–H groups in total. The Hall–Kier alpha value is -3.13. The monoisotopic (exact) mass is 318 g/mol. The molecule has 3 rings (SSSR count). The Bertz CT molecular complexity index is 877. The first-order chi connectivity index (χ1) is 11.8. The number of aryl methyl sites for hydroxylation is 1. The summed E-state index contributed by atoms with van der Waals surface area (Å²) in [6.45, 7) is 7.76. The highest BCUT2D eigenvalue weighted by Gasteiger charge is 2.11. The van der Waals surface area contributed by atoms with Crippen LogP contribution in [0.4, 0.5) is 10.5 Å². The van der Waals surface area contributed by atoms with Gasteiger partial charge in [0.2, 0.25) is 5.69 Å². The lowest BCUT2D eigenvalue weighted by Crippen LogP contribution is -2.28. The molecule has 24 heavy (non-hydrogen) atoms. The number of hydrogen-bond acceptors (Lipinski definition) is 2. The molecule has 1 amide bonds. The molecule has 0 fully saturated rings. The van der Waals surface area contributed by atoms with E-state index in [1.165, 1.54) is 16.5 Å². The highest BCUT2D eigenvalue weighted by Crippen LogP contribution is 2.24. The van der Waals surface area contributed by atoms with Gasteiger partial charge in [-0.15, -0.1) is 0 Å². The van der Waals surface area contributed by atoms with E-state index in [1.807, 2.05) is 18.2 Å². The molecule has 0 atom stereocenters. The zero-order chi connectivity index (χ0) is 16.8. The number of carbonyl (C=O) groups excluding carboxylic acids is 1. The van der Waals surface area contributed by atoms with Crippen molar-refractivity contribution in [1.82, 2.24) is 14.9 Å². The summed E-state index contributed by atoms with van der Waals surface area (Å²) >= 11 is 0. The summed E-state index contributed by atoms with van der Waals surface area (Å²) in [4.78, 5) is 19.9. The number of fused-ring (bicyclic) bond motifs is 1. The van der Waals surface area contributed by atoms with Gasteiger partial charge >= 0.3 is 6.03 Å². The van der Waals surface area contributed by atoms with Crippen LogP contribution in [0.2, 0.25) is 0 Å². The molecule has 5 nitrogen and oxygen atoms in total. The summed E-state index contributed by atoms with van der Waals surface area (Å²) in [5, 5.41) is 2.91. The van der Waals surface area contributed by atoms with Gasteiger partial charge in [-0.05, 0) is 30.9 Å². The van der Waals surface area contributed by atoms with Crippen molar-refractivity contribution in [2.24, 2.45) is 0 Å². The Balaban J connectivity index is 1.53. The summed E-state index contributed by atoms with van der Waals surface area (Å²) < 4.78 is 1.46. The smallest absolute Gasteiger partial charge is 0.327 e. The van der Waals surface area contributed by atoms with Crippen LogP contribution in [0.25, 0.3) is 15.9 Å². The minimum atomic E-state index is -0.209. The molecule has 0 saturated heterocycles. The van der Waals surface area contributed by atoms with Crippen LogP contribution in [-0.4, -0.2) is 22.1 Å². The highest BCUT2D eigenvalue weighted by atomic mass is 16.2. The first-order valence-corrected chi connectivity index (χ1v) is 7.95. The van der Waals surface area contributed by atoms with Crippen LogP contribution >= 0.6 is 0 Å². The van der Waals surface area contributed by atoms with E-state index in [4.69, 9.17) is 6.57 Å². The van der Waals surface area contributed by atoms with Gasteiger partial charge < -0.3 is 5.32 Å². The van der Waals surface area contributed by atoms with Gasteiger partial charge in [0.05, 0.1) is 17.6 Å². The minimum absolute atomic E-state index is 0.209. The second kappa shape index (κ2) is 7.42. The van der Waals surface area contributed by atoms with Crippen LogP contribution in [0, 0.1) is 6.57 Å². The van der Waals surface area contributed by atoms with Crippen LogP contribution in [0.5, 0.6) is 0 Å². The molecule has 0 spiro atoms. The Morgan fingerprint density at radius 1 is 1.12 bits per heavy atom. The molecular formula is C19H18N4O. The van der Waals surface area contributed by atoms with Gasteiger partial charge in [-0.25, -0.2) is 14.6 Å². The standard InChI is InChI=1S/C19H18N4O/c1-20-16-11-7-12-17-18(16)22-14-23(17)19(24)21-13-6-5-10-15-8-3-2-4-9-15/h2-4,7-9,11-12,14H,5-6,10,13H2,(H,21,24). The molecule has 120 valence electrons. The molecule has 0 aliphatic heterocycles. The van der Waals surface area contributed by atoms with Gasteiger partial charge in [0.25, 0.3) is 0 Å². The first kappa shape index (κ1) is 15.8. The van der Waals surface area contributed by atoms with Crippen molar-refractivity contribution in [3.05, 3.63) is 71.8 Å². The maximum absolute atomic E-state index is 12.3. The number of para-hydroxylation sites is 1. The van der Waals surface area contributed by atoms with E-state index in [9.17, 15) is 4.79 Å². The van der Waals surface area contributed by atoms with Gasteiger partial charge in [-0.3, -0.25) is 4.57 Å². The van der Waals surface area contributed by atoms with E-state index in [0.29, 0.717) is 23.3 Å². The van der Waals surface area contributed by atoms with E-state index in [-0.39, 0.29) is 6.03 Å². The van der Waals surface area contributed by atoms with E-state index in [0.717, 1.165) is 19.3 Å². The minimum Gasteiger partial charge on any atom is -0.337 e. The molecule has 2 aromatic carbocycles. The molecule has 3 aromatic rings. The molecule has 1 heterocycles. The average Bonchev–Trinajstić information content (AvgIpc) is 3.06. The van der Waals surface area contributed by atoms with Gasteiger partial charge in [0, 0.05) is 6.54 Å². The van der Waals surface area contributed by atoms with E-state index >= 15 is 0 Å². The Labute approximate surface area is 140 Å². The fourth-order valence-corrected chi connectivity index (χ4v) is 2.66. The van der Waals surface area contributed by atoms with Gasteiger partial charge in [-0.1, -0.05) is 42.5 Å². The van der Waals surface area contributed by atoms with Crippen LogP contribution in [0.15, 0.2) is 54.9 Å². The van der Waals surface area contributed by atoms with Crippen molar-refractivity contribution < 1.29 is 4.79 Å². The van der Waals surface area contributed by atoms with Crippen molar-refractivity contribution in [3.63, 3.8) is 0 Å². The zero-order valence-corrected chi connectivity index (χ0v) is 13.3. The van der Waals surface area contributed by atoms with E-state index in [1.54, 1.807) is 18.2 Å². The number of aromatic nitrogens is 2. The van der Waals surface area contributed by atoms with Gasteiger partial charge in [-0.2, -0.15) is 0 Å². The summed E-state index contributed by atoms with van der Waals surface area (Å²) in [5.74, 6) is 0. The lowest BCUT2D eigenvalue weighted by molar-refractivity contribution is 0.243. The summed E-state index contributed by atoms with van der Waals surface area (Å²) in [5.41, 5.74) is 3.00. The van der Waals surface area contributed by atoms with Gasteiger partial charge in [0.15, 0.2) is 0 Å². The van der Waals surface area contributed by atoms with E-state index in [2.05, 4.69) is 27.3 Å². The fourth-order valence-electron chi connectivity index (χ4n) is 2.66. The molecule has 0 radical (unpaired) electrons. The molecular weight excluding hydrogens is 300 g/mol. The molecule has 0 aliphatic rings. The Morgan fingerprint density at radius 3 is 2.75 bits per heavy atom. The molecule has 5 heteroatoms. The Kier molecular flexibility index (Phi) is 4.87. The summed E-state index contributed by atoms with van der Waals surface area (Å²) in [7, 11) is 0. The van der Waals surface area contributed by atoms with Crippen molar-refractivity contribution in [2.75, 3.05) is 6.54 Å². The fraction of sp³-hybridized carbons (Fsp3) is 0.211. The number of benzene rings is 2. The quantitative estimate of drug-likeness (QED) is 0.567. The number of nitrogens with zero attached hydrogens (tertiary/aromatic N) is 3. The lowest BCUT2D eigenvalue weighted by atomic mass is 10.1. The van der Waals surface area contributed by atoms with Crippen molar-refractivity contribution in [1.29, 1.82) is 0 Å². The molecule has 0 unspecified atom stereocenters. The number of rotatable bonds is 5. The molecule has 0 saturated carbocycles. The van der Waals surface area contributed by atoms with Crippen LogP contribution in [0.1, 0.15) is 18.4 Å². The number of nitrogens with one attached hydrogen (secondary N) is 1. The highest BCUT2D eigenvalue weighted by molar-refractivity contribution is 5.95. The van der Waals surface area contributed by atoms with Crippen LogP contribution in [0.3, 0.4) is 0 Å². The number of unbranched alkanes of at least 4 members (excludes halogenated alkanes) is 1. The lowest BCUT2D eigenvalue weighted by Gasteiger charge is -2.07. The molecule has 0 aliphatic carbocycles. The maximum Gasteiger partial charge on any atom is 0.327 e. The van der Waals surface area contributed by atoms with Crippen LogP contribution < -0.4 is 5.32 Å². The number of carbonyl (C=O) groups is 1. The third kappa shape index (κ3) is 3.44. The predicted octanol–water partition coefficient (Wildman–Crippen LogP) is 4.17. The third-order valence-electron chi connectivity index (χ3n) is 3.91. The topological polar surface area (TPSA) is 51.3 Å². The average molecular weight is 318 g/mol. The number of hydrogen-bond donors (Lipinski definition) is 1. The normalized spacial score (nSPS) is 10.5. The predicted molar refractivity (Wildman–Crippen MR) is 94.2 cm³/mol. The maximum atomic E-state index is 12.3. The van der Waals surface area contributed by atoms with E-state index < -0.39 is 0 Å². The van der Waals surface area contributed by atoms with Crippen molar-refractivity contribution >= 4 is 22.8 Å². The summed E-state index contributed by atoms with van der Waals surface area (Å²) in [6.07, 6.45) is 4.43. The largest absolute Gasteiger partial charge is 0.337 e. The first-order valence-electron chi connectivity index (χ1n) is 7.95. The Morgan fingerprint density at radius 2 is 1.96 bits per heavy atom. The van der Waals surface area contributed by atoms with Gasteiger partial charge in [0.1, 0.15) is 6.33 Å².